The van der Waals surface area contributed by atoms with Crippen LogP contribution in [-0.4, -0.2) is 18.7 Å². The fourth-order valence-electron chi connectivity index (χ4n) is 1.29. The highest BCUT2D eigenvalue weighted by Crippen LogP contribution is 2.23. The molecule has 80 valence electrons. The Morgan fingerprint density at radius 1 is 1.33 bits per heavy atom. The topological polar surface area (TPSA) is 37.4 Å². The van der Waals surface area contributed by atoms with E-state index in [4.69, 9.17) is 0 Å². The maximum atomic E-state index is 11.5. The zero-order valence-corrected chi connectivity index (χ0v) is 10.5. The lowest BCUT2D eigenvalue weighted by Crippen LogP contribution is -2.32. The van der Waals surface area contributed by atoms with Gasteiger partial charge in [-0.1, -0.05) is 22.0 Å². The van der Waals surface area contributed by atoms with E-state index in [1.807, 2.05) is 25.1 Å². The molecular formula is C11H12BrNO2. The Morgan fingerprint density at radius 2 is 1.93 bits per heavy atom. The average Bonchev–Trinajstić information content (AvgIpc) is 2.19. The minimum absolute atomic E-state index is 0.461. The molecule has 15 heavy (non-hydrogen) atoms. The van der Waals surface area contributed by atoms with Gasteiger partial charge in [0.15, 0.2) is 0 Å². The van der Waals surface area contributed by atoms with Gasteiger partial charge in [0.2, 0.25) is 5.78 Å². The lowest BCUT2D eigenvalue weighted by Gasteiger charge is -2.18. The predicted molar refractivity (Wildman–Crippen MR) is 63.0 cm³/mol. The van der Waals surface area contributed by atoms with Crippen molar-refractivity contribution < 1.29 is 9.59 Å². The van der Waals surface area contributed by atoms with Crippen molar-refractivity contribution in [2.75, 3.05) is 11.9 Å². The highest BCUT2D eigenvalue weighted by Gasteiger charge is 2.16. The smallest absolute Gasteiger partial charge is 0.293 e. The van der Waals surface area contributed by atoms with Crippen LogP contribution in [-0.2, 0) is 9.59 Å². The third-order valence-corrected chi connectivity index (χ3v) is 2.63. The van der Waals surface area contributed by atoms with Gasteiger partial charge in [-0.15, -0.1) is 0 Å². The van der Waals surface area contributed by atoms with Crippen LogP contribution in [0.3, 0.4) is 0 Å². The normalized spacial score (nSPS) is 9.87. The number of amides is 1. The zero-order chi connectivity index (χ0) is 11.6. The van der Waals surface area contributed by atoms with Crippen molar-refractivity contribution in [3.63, 3.8) is 0 Å². The van der Waals surface area contributed by atoms with E-state index >= 15 is 0 Å². The first kappa shape index (κ1) is 11.9. The molecule has 4 heteroatoms. The van der Waals surface area contributed by atoms with Crippen LogP contribution in [0.4, 0.5) is 5.69 Å². The van der Waals surface area contributed by atoms with Gasteiger partial charge in [-0.2, -0.15) is 0 Å². The summed E-state index contributed by atoms with van der Waals surface area (Å²) in [6, 6.07) is 5.60. The number of likely N-dealkylation sites (N-methyl/N-ethyl adjacent to an activating group) is 1. The van der Waals surface area contributed by atoms with E-state index in [0.29, 0.717) is 0 Å². The standard InChI is InChI=1S/C11H12BrNO2/c1-7-4-5-9(12)6-10(7)13(3)11(15)8(2)14/h4-6H,1-3H3. The molecule has 0 saturated carbocycles. The molecule has 1 aromatic carbocycles. The lowest BCUT2D eigenvalue weighted by molar-refractivity contribution is -0.134. The second-order valence-corrected chi connectivity index (χ2v) is 4.27. The molecule has 0 saturated heterocycles. The number of aryl methyl sites for hydroxylation is 1. The van der Waals surface area contributed by atoms with Crippen LogP contribution < -0.4 is 4.90 Å². The number of carbonyl (C=O) groups excluding carboxylic acids is 2. The fraction of sp³-hybridized carbons (Fsp3) is 0.273. The number of nitrogens with zero attached hydrogens (tertiary/aromatic N) is 1. The van der Waals surface area contributed by atoms with Crippen LogP contribution in [0.2, 0.25) is 0 Å². The SMILES string of the molecule is CC(=O)C(=O)N(C)c1cc(Br)ccc1C. The number of ketones is 1. The summed E-state index contributed by atoms with van der Waals surface area (Å²) in [5.74, 6) is -0.965. The molecule has 1 amide bonds. The number of hydrogen-bond donors (Lipinski definition) is 0. The van der Waals surface area contributed by atoms with Crippen LogP contribution in [0.1, 0.15) is 12.5 Å². The molecular weight excluding hydrogens is 258 g/mol. The second-order valence-electron chi connectivity index (χ2n) is 3.35. The fourth-order valence-corrected chi connectivity index (χ4v) is 1.64. The molecule has 0 aliphatic heterocycles. The maximum absolute atomic E-state index is 11.5. The third kappa shape index (κ3) is 2.65. The molecule has 1 rings (SSSR count). The van der Waals surface area contributed by atoms with E-state index in [1.54, 1.807) is 7.05 Å². The predicted octanol–water partition coefficient (Wildman–Crippen LogP) is 2.31. The number of Topliss-reactive ketones (excluding diaryl/α,β-unsaturated/α-hetero) is 1. The molecule has 0 aliphatic rings. The minimum atomic E-state index is -0.504. The van der Waals surface area contributed by atoms with Crippen molar-refractivity contribution in [1.82, 2.24) is 0 Å². The van der Waals surface area contributed by atoms with Crippen molar-refractivity contribution in [3.05, 3.63) is 28.2 Å². The molecule has 0 N–H and O–H groups in total. The largest absolute Gasteiger partial charge is 0.309 e. The highest BCUT2D eigenvalue weighted by atomic mass is 79.9. The average molecular weight is 270 g/mol. The summed E-state index contributed by atoms with van der Waals surface area (Å²) < 4.78 is 0.881. The molecule has 0 heterocycles. The maximum Gasteiger partial charge on any atom is 0.293 e. The van der Waals surface area contributed by atoms with Crippen LogP contribution >= 0.6 is 15.9 Å². The molecule has 0 unspecified atom stereocenters. The number of hydrogen-bond acceptors (Lipinski definition) is 2. The Kier molecular flexibility index (Phi) is 3.63. The first-order chi connectivity index (χ1) is 6.93. The second kappa shape index (κ2) is 4.57. The van der Waals surface area contributed by atoms with E-state index in [2.05, 4.69) is 15.9 Å². The Balaban J connectivity index is 3.10. The summed E-state index contributed by atoms with van der Waals surface area (Å²) in [4.78, 5) is 23.8. The summed E-state index contributed by atoms with van der Waals surface area (Å²) in [6.45, 7) is 3.16. The molecule has 0 radical (unpaired) electrons. The van der Waals surface area contributed by atoms with Crippen molar-refractivity contribution in [2.24, 2.45) is 0 Å². The monoisotopic (exact) mass is 269 g/mol. The van der Waals surface area contributed by atoms with Gasteiger partial charge in [-0.3, -0.25) is 9.59 Å². The number of anilines is 1. The Hall–Kier alpha value is -1.16. The van der Waals surface area contributed by atoms with Crippen LogP contribution in [0, 0.1) is 6.92 Å². The van der Waals surface area contributed by atoms with Crippen LogP contribution in [0.25, 0.3) is 0 Å². The third-order valence-electron chi connectivity index (χ3n) is 2.14. The minimum Gasteiger partial charge on any atom is -0.309 e. The number of carbonyl (C=O) groups is 2. The van der Waals surface area contributed by atoms with Crippen molar-refractivity contribution in [2.45, 2.75) is 13.8 Å². The Labute approximate surface area is 97.2 Å². The number of halogens is 1. The van der Waals surface area contributed by atoms with Crippen molar-refractivity contribution >= 4 is 33.3 Å². The first-order valence-electron chi connectivity index (χ1n) is 4.48. The van der Waals surface area contributed by atoms with Crippen LogP contribution in [0.15, 0.2) is 22.7 Å². The number of rotatable bonds is 2. The molecule has 1 aromatic rings. The van der Waals surface area contributed by atoms with E-state index in [-0.39, 0.29) is 0 Å². The quantitative estimate of drug-likeness (QED) is 0.773. The summed E-state index contributed by atoms with van der Waals surface area (Å²) in [5.41, 5.74) is 1.69. The van der Waals surface area contributed by atoms with Gasteiger partial charge in [0, 0.05) is 24.1 Å². The van der Waals surface area contributed by atoms with Gasteiger partial charge < -0.3 is 4.90 Å². The zero-order valence-electron chi connectivity index (χ0n) is 8.87. The van der Waals surface area contributed by atoms with Crippen molar-refractivity contribution in [1.29, 1.82) is 0 Å². The number of benzene rings is 1. The highest BCUT2D eigenvalue weighted by molar-refractivity contribution is 9.10. The van der Waals surface area contributed by atoms with Gasteiger partial charge in [0.05, 0.1) is 0 Å². The van der Waals surface area contributed by atoms with E-state index in [1.165, 1.54) is 11.8 Å². The Bertz CT molecular complexity index is 415. The van der Waals surface area contributed by atoms with Crippen molar-refractivity contribution in [3.8, 4) is 0 Å². The summed E-state index contributed by atoms with van der Waals surface area (Å²) in [5, 5.41) is 0. The lowest BCUT2D eigenvalue weighted by atomic mass is 10.2. The summed E-state index contributed by atoms with van der Waals surface area (Å²) >= 11 is 3.33. The molecule has 0 fully saturated rings. The van der Waals surface area contributed by atoms with Gasteiger partial charge in [-0.05, 0) is 24.6 Å². The molecule has 0 aromatic heterocycles. The molecule has 0 aliphatic carbocycles. The van der Waals surface area contributed by atoms with E-state index in [0.717, 1.165) is 15.7 Å². The summed E-state index contributed by atoms with van der Waals surface area (Å²) in [7, 11) is 1.60. The molecule has 0 atom stereocenters. The van der Waals surface area contributed by atoms with Gasteiger partial charge in [0.25, 0.3) is 5.91 Å². The van der Waals surface area contributed by atoms with Crippen LogP contribution in [0.5, 0.6) is 0 Å². The summed E-state index contributed by atoms with van der Waals surface area (Å²) in [6.07, 6.45) is 0. The Morgan fingerprint density at radius 3 is 2.47 bits per heavy atom. The molecule has 3 nitrogen and oxygen atoms in total. The molecule has 0 bridgehead atoms. The van der Waals surface area contributed by atoms with Gasteiger partial charge in [-0.25, -0.2) is 0 Å². The van der Waals surface area contributed by atoms with Gasteiger partial charge >= 0.3 is 0 Å². The van der Waals surface area contributed by atoms with E-state index in [9.17, 15) is 9.59 Å². The van der Waals surface area contributed by atoms with Gasteiger partial charge in [0.1, 0.15) is 0 Å². The first-order valence-corrected chi connectivity index (χ1v) is 5.27. The molecule has 0 spiro atoms. The van der Waals surface area contributed by atoms with E-state index < -0.39 is 11.7 Å².